The molecule has 1 aromatic carbocycles. The number of anilines is 1. The second-order valence-electron chi connectivity index (χ2n) is 4.53. The van der Waals surface area contributed by atoms with Crippen molar-refractivity contribution in [1.29, 1.82) is 0 Å². The van der Waals surface area contributed by atoms with E-state index in [0.717, 1.165) is 25.7 Å². The zero-order valence-corrected chi connectivity index (χ0v) is 11.6. The van der Waals surface area contributed by atoms with Crippen LogP contribution in [0.25, 0.3) is 0 Å². The predicted molar refractivity (Wildman–Crippen MR) is 74.2 cm³/mol. The number of rotatable bonds is 7. The molecule has 0 aliphatic rings. The van der Waals surface area contributed by atoms with Crippen molar-refractivity contribution < 1.29 is 14.3 Å². The van der Waals surface area contributed by atoms with Crippen molar-refractivity contribution >= 4 is 11.7 Å². The number of nitrogens with zero attached hydrogens (tertiary/aromatic N) is 1. The minimum Gasteiger partial charge on any atom is -0.478 e. The lowest BCUT2D eigenvalue weighted by molar-refractivity contribution is 0.0696. The average molecular weight is 268 g/mol. The molecule has 0 spiro atoms. The molecule has 1 atom stereocenters. The summed E-state index contributed by atoms with van der Waals surface area (Å²) in [6.07, 6.45) is 0. The molecule has 0 amide bonds. The molecule has 0 saturated heterocycles. The van der Waals surface area contributed by atoms with Gasteiger partial charge in [-0.15, -0.1) is 0 Å². The largest absolute Gasteiger partial charge is 0.478 e. The Hall–Kier alpha value is -1.62. The number of aromatic carboxylic acids is 1. The van der Waals surface area contributed by atoms with E-state index in [2.05, 4.69) is 24.1 Å². The van der Waals surface area contributed by atoms with E-state index in [4.69, 9.17) is 5.11 Å². The van der Waals surface area contributed by atoms with Gasteiger partial charge in [0.2, 0.25) is 0 Å². The van der Waals surface area contributed by atoms with E-state index in [0.29, 0.717) is 5.69 Å². The molecule has 0 aromatic heterocycles. The lowest BCUT2D eigenvalue weighted by Crippen LogP contribution is -2.34. The lowest BCUT2D eigenvalue weighted by atomic mass is 10.2. The van der Waals surface area contributed by atoms with Crippen LogP contribution in [-0.2, 0) is 0 Å². The van der Waals surface area contributed by atoms with Gasteiger partial charge in [0, 0.05) is 12.6 Å². The minimum absolute atomic E-state index is 0.0422. The molecule has 0 aliphatic heterocycles. The molecular weight excluding hydrogens is 247 g/mol. The molecule has 0 heterocycles. The van der Waals surface area contributed by atoms with E-state index in [1.54, 1.807) is 0 Å². The SMILES string of the molecule is CCN(CC)CC(C)Nc1ccc(C(=O)O)cc1F. The molecule has 19 heavy (non-hydrogen) atoms. The summed E-state index contributed by atoms with van der Waals surface area (Å²) in [7, 11) is 0. The lowest BCUT2D eigenvalue weighted by Gasteiger charge is -2.24. The monoisotopic (exact) mass is 268 g/mol. The number of nitrogens with one attached hydrogen (secondary N) is 1. The molecule has 0 aliphatic carbocycles. The van der Waals surface area contributed by atoms with Crippen molar-refractivity contribution in [2.75, 3.05) is 25.0 Å². The molecule has 106 valence electrons. The van der Waals surface area contributed by atoms with Gasteiger partial charge in [-0.25, -0.2) is 9.18 Å². The third kappa shape index (κ3) is 4.52. The first-order valence-corrected chi connectivity index (χ1v) is 6.49. The highest BCUT2D eigenvalue weighted by Crippen LogP contribution is 2.17. The van der Waals surface area contributed by atoms with Crippen molar-refractivity contribution in [3.8, 4) is 0 Å². The van der Waals surface area contributed by atoms with Crippen molar-refractivity contribution in [1.82, 2.24) is 4.90 Å². The predicted octanol–water partition coefficient (Wildman–Crippen LogP) is 2.67. The summed E-state index contributed by atoms with van der Waals surface area (Å²) in [5.74, 6) is -1.66. The molecule has 0 radical (unpaired) electrons. The number of halogens is 1. The van der Waals surface area contributed by atoms with Crippen LogP contribution in [-0.4, -0.2) is 41.7 Å². The van der Waals surface area contributed by atoms with E-state index < -0.39 is 11.8 Å². The number of carboxylic acid groups (broad SMARTS) is 1. The van der Waals surface area contributed by atoms with Crippen LogP contribution in [0, 0.1) is 5.82 Å². The molecule has 1 aromatic rings. The highest BCUT2D eigenvalue weighted by molar-refractivity contribution is 5.88. The number of hydrogen-bond donors (Lipinski definition) is 2. The van der Waals surface area contributed by atoms with Gasteiger partial charge >= 0.3 is 5.97 Å². The Morgan fingerprint density at radius 1 is 1.42 bits per heavy atom. The smallest absolute Gasteiger partial charge is 0.335 e. The van der Waals surface area contributed by atoms with Gasteiger partial charge in [-0.3, -0.25) is 0 Å². The normalized spacial score (nSPS) is 12.5. The summed E-state index contributed by atoms with van der Waals surface area (Å²) < 4.78 is 13.7. The van der Waals surface area contributed by atoms with E-state index >= 15 is 0 Å². The molecular formula is C14H21FN2O2. The van der Waals surface area contributed by atoms with Gasteiger partial charge in [-0.05, 0) is 38.2 Å². The molecule has 1 unspecified atom stereocenters. The van der Waals surface area contributed by atoms with Crippen LogP contribution in [0.2, 0.25) is 0 Å². The number of likely N-dealkylation sites (N-methyl/N-ethyl adjacent to an activating group) is 1. The number of carbonyl (C=O) groups is 1. The Morgan fingerprint density at radius 2 is 2.05 bits per heavy atom. The zero-order chi connectivity index (χ0) is 14.4. The summed E-state index contributed by atoms with van der Waals surface area (Å²) in [4.78, 5) is 13.0. The van der Waals surface area contributed by atoms with Crippen LogP contribution >= 0.6 is 0 Å². The first-order chi connectivity index (χ1) is 8.97. The molecule has 4 nitrogen and oxygen atoms in total. The van der Waals surface area contributed by atoms with Crippen LogP contribution in [0.4, 0.5) is 10.1 Å². The van der Waals surface area contributed by atoms with Gasteiger partial charge in [-0.1, -0.05) is 13.8 Å². The molecule has 0 fully saturated rings. The molecule has 2 N–H and O–H groups in total. The minimum atomic E-state index is -1.12. The Balaban J connectivity index is 2.69. The maximum Gasteiger partial charge on any atom is 0.335 e. The highest BCUT2D eigenvalue weighted by atomic mass is 19.1. The van der Waals surface area contributed by atoms with Crippen LogP contribution < -0.4 is 5.32 Å². The molecule has 0 bridgehead atoms. The average Bonchev–Trinajstić information content (AvgIpc) is 2.38. The summed E-state index contributed by atoms with van der Waals surface area (Å²) in [6.45, 7) is 8.85. The van der Waals surface area contributed by atoms with Gasteiger partial charge in [0.05, 0.1) is 11.3 Å². The molecule has 5 heteroatoms. The first kappa shape index (κ1) is 15.4. The quantitative estimate of drug-likeness (QED) is 0.798. The van der Waals surface area contributed by atoms with E-state index in [1.807, 2.05) is 6.92 Å². The van der Waals surface area contributed by atoms with Crippen LogP contribution in [0.15, 0.2) is 18.2 Å². The number of carboxylic acids is 1. The highest BCUT2D eigenvalue weighted by Gasteiger charge is 2.11. The molecule has 0 saturated carbocycles. The fraction of sp³-hybridized carbons (Fsp3) is 0.500. The second-order valence-corrected chi connectivity index (χ2v) is 4.53. The van der Waals surface area contributed by atoms with E-state index in [1.165, 1.54) is 12.1 Å². The van der Waals surface area contributed by atoms with E-state index in [9.17, 15) is 9.18 Å². The van der Waals surface area contributed by atoms with Gasteiger partial charge in [0.15, 0.2) is 0 Å². The van der Waals surface area contributed by atoms with Crippen molar-refractivity contribution in [3.05, 3.63) is 29.6 Å². The number of benzene rings is 1. The van der Waals surface area contributed by atoms with Crippen molar-refractivity contribution in [2.45, 2.75) is 26.8 Å². The summed E-state index contributed by atoms with van der Waals surface area (Å²) in [6, 6.07) is 3.99. The summed E-state index contributed by atoms with van der Waals surface area (Å²) in [5, 5.41) is 11.8. The van der Waals surface area contributed by atoms with Crippen LogP contribution in [0.3, 0.4) is 0 Å². The fourth-order valence-electron chi connectivity index (χ4n) is 1.95. The maximum atomic E-state index is 13.7. The summed E-state index contributed by atoms with van der Waals surface area (Å²) >= 11 is 0. The zero-order valence-electron chi connectivity index (χ0n) is 11.6. The topological polar surface area (TPSA) is 52.6 Å². The third-order valence-electron chi connectivity index (χ3n) is 3.04. The van der Waals surface area contributed by atoms with Crippen molar-refractivity contribution in [3.63, 3.8) is 0 Å². The van der Waals surface area contributed by atoms with Crippen LogP contribution in [0.5, 0.6) is 0 Å². The first-order valence-electron chi connectivity index (χ1n) is 6.49. The third-order valence-corrected chi connectivity index (χ3v) is 3.04. The standard InChI is InChI=1S/C14H21FN2O2/c1-4-17(5-2)9-10(3)16-13-7-6-11(14(18)19)8-12(13)15/h6-8,10,16H,4-5,9H2,1-3H3,(H,18,19). The van der Waals surface area contributed by atoms with Gasteiger partial charge < -0.3 is 15.3 Å². The van der Waals surface area contributed by atoms with Crippen LogP contribution in [0.1, 0.15) is 31.1 Å². The maximum absolute atomic E-state index is 13.7. The Labute approximate surface area is 113 Å². The fourth-order valence-corrected chi connectivity index (χ4v) is 1.95. The van der Waals surface area contributed by atoms with Gasteiger partial charge in [-0.2, -0.15) is 0 Å². The van der Waals surface area contributed by atoms with Crippen molar-refractivity contribution in [2.24, 2.45) is 0 Å². The Bertz CT molecular complexity index is 433. The Morgan fingerprint density at radius 3 is 2.53 bits per heavy atom. The summed E-state index contributed by atoms with van der Waals surface area (Å²) in [5.41, 5.74) is 0.295. The molecule has 1 rings (SSSR count). The second kappa shape index (κ2) is 7.09. The van der Waals surface area contributed by atoms with Gasteiger partial charge in [0.1, 0.15) is 5.82 Å². The van der Waals surface area contributed by atoms with Gasteiger partial charge in [0.25, 0.3) is 0 Å². The number of hydrogen-bond acceptors (Lipinski definition) is 3. The van der Waals surface area contributed by atoms with E-state index in [-0.39, 0.29) is 11.6 Å². The Kier molecular flexibility index (Phi) is 5.76.